The lowest BCUT2D eigenvalue weighted by molar-refractivity contribution is 0.466. The maximum atomic E-state index is 5.74. The molecule has 0 spiro atoms. The minimum atomic E-state index is 0.418. The van der Waals surface area contributed by atoms with Gasteiger partial charge in [-0.25, -0.2) is 4.98 Å². The van der Waals surface area contributed by atoms with Crippen LogP contribution in [0.4, 0.5) is 5.82 Å². The molecule has 2 aliphatic carbocycles. The Bertz CT molecular complexity index is 490. The fourth-order valence-electron chi connectivity index (χ4n) is 2.74. The molecule has 1 heterocycles. The highest BCUT2D eigenvalue weighted by Crippen LogP contribution is 2.61. The van der Waals surface area contributed by atoms with Crippen molar-refractivity contribution < 1.29 is 0 Å². The van der Waals surface area contributed by atoms with E-state index in [1.165, 1.54) is 25.7 Å². The van der Waals surface area contributed by atoms with Gasteiger partial charge in [-0.15, -0.1) is 0 Å². The molecule has 0 amide bonds. The van der Waals surface area contributed by atoms with E-state index in [9.17, 15) is 0 Å². The highest BCUT2D eigenvalue weighted by atomic mass is 32.1. The van der Waals surface area contributed by atoms with Gasteiger partial charge in [0.15, 0.2) is 0 Å². The summed E-state index contributed by atoms with van der Waals surface area (Å²) in [5.74, 6) is 1.80. The van der Waals surface area contributed by atoms with Gasteiger partial charge in [-0.2, -0.15) is 0 Å². The van der Waals surface area contributed by atoms with Gasteiger partial charge in [0.2, 0.25) is 0 Å². The van der Waals surface area contributed by atoms with Crippen LogP contribution in [0.25, 0.3) is 0 Å². The number of anilines is 1. The van der Waals surface area contributed by atoms with Crippen LogP contribution in [-0.2, 0) is 0 Å². The number of aromatic nitrogens is 1. The summed E-state index contributed by atoms with van der Waals surface area (Å²) in [6.45, 7) is 3.01. The number of nitrogens with zero attached hydrogens (tertiary/aromatic N) is 1. The normalized spacial score (nSPS) is 20.5. The lowest BCUT2D eigenvalue weighted by Gasteiger charge is -2.17. The van der Waals surface area contributed by atoms with E-state index < -0.39 is 0 Å². The van der Waals surface area contributed by atoms with Crippen molar-refractivity contribution in [1.29, 1.82) is 0 Å². The maximum absolute atomic E-state index is 5.74. The fourth-order valence-corrected chi connectivity index (χ4v) is 2.90. The molecule has 3 N–H and O–H groups in total. The highest BCUT2D eigenvalue weighted by Gasteiger charge is 2.53. The standard InChI is InChI=1S/C14H19N3S/c1-9-2-5-11(12(15)18)13(17-9)16-8-14(6-7-14)10-3-4-10/h2,5,10H,3-4,6-8H2,1H3,(H2,15,18)(H,16,17). The zero-order chi connectivity index (χ0) is 12.8. The summed E-state index contributed by atoms with van der Waals surface area (Å²) in [6.07, 6.45) is 5.54. The van der Waals surface area contributed by atoms with Crippen LogP contribution in [-0.4, -0.2) is 16.5 Å². The molecule has 0 aromatic carbocycles. The first kappa shape index (κ1) is 11.9. The second-order valence-corrected chi connectivity index (χ2v) is 6.14. The monoisotopic (exact) mass is 261 g/mol. The lowest BCUT2D eigenvalue weighted by atomic mass is 10.0. The zero-order valence-electron chi connectivity index (χ0n) is 10.7. The molecule has 0 bridgehead atoms. The van der Waals surface area contributed by atoms with Gasteiger partial charge in [0.05, 0.1) is 5.56 Å². The first-order chi connectivity index (χ1) is 8.61. The van der Waals surface area contributed by atoms with Crippen LogP contribution in [0.1, 0.15) is 36.9 Å². The Labute approximate surface area is 113 Å². The Morgan fingerprint density at radius 3 is 2.78 bits per heavy atom. The van der Waals surface area contributed by atoms with Crippen molar-refractivity contribution in [3.63, 3.8) is 0 Å². The molecule has 2 saturated carbocycles. The van der Waals surface area contributed by atoms with Crippen molar-refractivity contribution >= 4 is 23.0 Å². The summed E-state index contributed by atoms with van der Waals surface area (Å²) in [5.41, 5.74) is 8.16. The minimum Gasteiger partial charge on any atom is -0.389 e. The molecule has 1 aromatic heterocycles. The van der Waals surface area contributed by atoms with Gasteiger partial charge in [0.1, 0.15) is 10.8 Å². The maximum Gasteiger partial charge on any atom is 0.136 e. The summed E-state index contributed by atoms with van der Waals surface area (Å²) in [6, 6.07) is 3.91. The Morgan fingerprint density at radius 2 is 2.22 bits per heavy atom. The second kappa shape index (κ2) is 4.19. The quantitative estimate of drug-likeness (QED) is 0.800. The number of nitrogens with two attached hydrogens (primary N) is 1. The molecule has 4 heteroatoms. The van der Waals surface area contributed by atoms with Crippen LogP contribution < -0.4 is 11.1 Å². The number of nitrogens with one attached hydrogen (secondary N) is 1. The average molecular weight is 261 g/mol. The van der Waals surface area contributed by atoms with Gasteiger partial charge in [-0.05, 0) is 56.1 Å². The lowest BCUT2D eigenvalue weighted by Crippen LogP contribution is -2.21. The van der Waals surface area contributed by atoms with Gasteiger partial charge in [0, 0.05) is 12.2 Å². The van der Waals surface area contributed by atoms with E-state index in [2.05, 4.69) is 10.3 Å². The molecule has 0 radical (unpaired) electrons. The molecule has 0 aliphatic heterocycles. The Hall–Kier alpha value is -1.16. The molecule has 3 rings (SSSR count). The molecule has 18 heavy (non-hydrogen) atoms. The summed E-state index contributed by atoms with van der Waals surface area (Å²) < 4.78 is 0. The third-order valence-electron chi connectivity index (χ3n) is 4.24. The Balaban J connectivity index is 1.75. The molecular weight excluding hydrogens is 242 g/mol. The summed E-state index contributed by atoms with van der Waals surface area (Å²) in [7, 11) is 0. The molecule has 3 nitrogen and oxygen atoms in total. The molecule has 2 fully saturated rings. The predicted octanol–water partition coefficient (Wildman–Crippen LogP) is 2.63. The van der Waals surface area contributed by atoms with Crippen LogP contribution >= 0.6 is 12.2 Å². The van der Waals surface area contributed by atoms with Gasteiger partial charge >= 0.3 is 0 Å². The summed E-state index contributed by atoms with van der Waals surface area (Å²) in [4.78, 5) is 4.94. The molecule has 1 aromatic rings. The zero-order valence-corrected chi connectivity index (χ0v) is 11.5. The smallest absolute Gasteiger partial charge is 0.136 e. The van der Waals surface area contributed by atoms with E-state index in [0.29, 0.717) is 10.4 Å². The molecule has 0 atom stereocenters. The van der Waals surface area contributed by atoms with Crippen molar-refractivity contribution in [1.82, 2.24) is 4.98 Å². The molecule has 96 valence electrons. The number of hydrogen-bond acceptors (Lipinski definition) is 3. The second-order valence-electron chi connectivity index (χ2n) is 5.70. The number of pyridine rings is 1. The number of aryl methyl sites for hydroxylation is 1. The topological polar surface area (TPSA) is 50.9 Å². The molecule has 2 aliphatic rings. The van der Waals surface area contributed by atoms with E-state index in [1.54, 1.807) is 0 Å². The van der Waals surface area contributed by atoms with E-state index >= 15 is 0 Å². The minimum absolute atomic E-state index is 0.418. The van der Waals surface area contributed by atoms with Gasteiger partial charge in [0.25, 0.3) is 0 Å². The SMILES string of the molecule is Cc1ccc(C(N)=S)c(NCC2(C3CC3)CC2)n1. The average Bonchev–Trinajstić information content (AvgIpc) is 3.18. The third kappa shape index (κ3) is 2.21. The summed E-state index contributed by atoms with van der Waals surface area (Å²) >= 11 is 5.08. The van der Waals surface area contributed by atoms with Gasteiger partial charge < -0.3 is 11.1 Å². The van der Waals surface area contributed by atoms with E-state index in [4.69, 9.17) is 18.0 Å². The molecular formula is C14H19N3S. The predicted molar refractivity (Wildman–Crippen MR) is 77.7 cm³/mol. The van der Waals surface area contributed by atoms with Crippen molar-refractivity contribution in [3.8, 4) is 0 Å². The van der Waals surface area contributed by atoms with E-state index in [0.717, 1.165) is 29.5 Å². The van der Waals surface area contributed by atoms with Crippen LogP contribution in [0.2, 0.25) is 0 Å². The largest absolute Gasteiger partial charge is 0.389 e. The van der Waals surface area contributed by atoms with E-state index in [1.807, 2.05) is 19.1 Å². The van der Waals surface area contributed by atoms with Gasteiger partial charge in [-0.3, -0.25) is 0 Å². The number of rotatable bonds is 5. The van der Waals surface area contributed by atoms with Crippen molar-refractivity contribution in [2.75, 3.05) is 11.9 Å². The van der Waals surface area contributed by atoms with Crippen LogP contribution in [0, 0.1) is 18.3 Å². The van der Waals surface area contributed by atoms with Crippen LogP contribution in [0.15, 0.2) is 12.1 Å². The Morgan fingerprint density at radius 1 is 1.50 bits per heavy atom. The third-order valence-corrected chi connectivity index (χ3v) is 4.46. The number of hydrogen-bond donors (Lipinski definition) is 2. The summed E-state index contributed by atoms with van der Waals surface area (Å²) in [5, 5.41) is 3.48. The first-order valence-electron chi connectivity index (χ1n) is 6.62. The number of thiocarbonyl (C=S) groups is 1. The fraction of sp³-hybridized carbons (Fsp3) is 0.571. The van der Waals surface area contributed by atoms with E-state index in [-0.39, 0.29) is 0 Å². The van der Waals surface area contributed by atoms with Crippen molar-refractivity contribution in [3.05, 3.63) is 23.4 Å². The highest BCUT2D eigenvalue weighted by molar-refractivity contribution is 7.80. The van der Waals surface area contributed by atoms with Gasteiger partial charge in [-0.1, -0.05) is 12.2 Å². The van der Waals surface area contributed by atoms with Crippen LogP contribution in [0.5, 0.6) is 0 Å². The first-order valence-corrected chi connectivity index (χ1v) is 7.03. The van der Waals surface area contributed by atoms with Crippen molar-refractivity contribution in [2.45, 2.75) is 32.6 Å². The van der Waals surface area contributed by atoms with Crippen molar-refractivity contribution in [2.24, 2.45) is 17.1 Å². The Kier molecular flexibility index (Phi) is 2.77. The molecule has 0 saturated heterocycles. The van der Waals surface area contributed by atoms with Crippen LogP contribution in [0.3, 0.4) is 0 Å². The molecule has 0 unspecified atom stereocenters.